The minimum absolute atomic E-state index is 0.0378. The fourth-order valence-electron chi connectivity index (χ4n) is 4.95. The van der Waals surface area contributed by atoms with E-state index in [1.165, 1.54) is 26.3 Å². The summed E-state index contributed by atoms with van der Waals surface area (Å²) >= 11 is 7.15. The SMILES string of the molecule is COc1ccc(COC(=O)C2=C(CCl)[C@H](C)S(=O)[C@@H]3[C@H](NC(=O)/C(=N\OC(C)(C)C(=O)OC(C)(C)C)c4csc(NC(=O)OC(C)(C)C)n4)C(=O)N23)cc1. The zero-order chi connectivity index (χ0) is 40.3. The molecular weight excluding hydrogens is 766 g/mol. The summed E-state index contributed by atoms with van der Waals surface area (Å²) in [5.74, 6) is -3.00. The number of alkyl halides is 1. The Morgan fingerprint density at radius 3 is 2.22 bits per heavy atom. The fourth-order valence-corrected chi connectivity index (χ4v) is 7.85. The van der Waals surface area contributed by atoms with Gasteiger partial charge in [-0.15, -0.1) is 22.9 Å². The first-order valence-corrected chi connectivity index (χ1v) is 19.3. The summed E-state index contributed by atoms with van der Waals surface area (Å²) in [6.45, 7) is 14.3. The number of nitrogens with one attached hydrogen (secondary N) is 2. The zero-order valence-corrected chi connectivity index (χ0v) is 33.9. The van der Waals surface area contributed by atoms with Gasteiger partial charge in [0.2, 0.25) is 5.60 Å². The molecule has 1 unspecified atom stereocenters. The van der Waals surface area contributed by atoms with Gasteiger partial charge in [0.05, 0.1) is 23.2 Å². The number of ether oxygens (including phenoxy) is 4. The van der Waals surface area contributed by atoms with E-state index in [2.05, 4.69) is 20.8 Å². The summed E-state index contributed by atoms with van der Waals surface area (Å²) in [5, 5.41) is 8.45. The number of carbonyl (C=O) groups is 5. The molecule has 16 nitrogen and oxygen atoms in total. The van der Waals surface area contributed by atoms with Crippen molar-refractivity contribution in [2.45, 2.75) is 102 Å². The van der Waals surface area contributed by atoms with Gasteiger partial charge in [-0.3, -0.25) is 24.0 Å². The van der Waals surface area contributed by atoms with Crippen LogP contribution in [0.15, 0.2) is 46.1 Å². The molecule has 0 aliphatic carbocycles. The largest absolute Gasteiger partial charge is 0.497 e. The number of carbonyl (C=O) groups excluding carboxylic acids is 5. The summed E-state index contributed by atoms with van der Waals surface area (Å²) in [6, 6.07) is 5.43. The van der Waals surface area contributed by atoms with Gasteiger partial charge in [-0.2, -0.15) is 0 Å². The zero-order valence-electron chi connectivity index (χ0n) is 31.6. The van der Waals surface area contributed by atoms with Crippen LogP contribution in [0.1, 0.15) is 73.6 Å². The molecule has 1 fully saturated rings. The summed E-state index contributed by atoms with van der Waals surface area (Å²) in [5.41, 5.74) is -3.20. The quantitative estimate of drug-likeness (QED) is 0.0767. The molecule has 3 heterocycles. The number of rotatable bonds is 12. The lowest BCUT2D eigenvalue weighted by Gasteiger charge is -2.50. The van der Waals surface area contributed by atoms with Crippen molar-refractivity contribution in [3.8, 4) is 5.75 Å². The lowest BCUT2D eigenvalue weighted by atomic mass is 10.0. The number of oxime groups is 1. The van der Waals surface area contributed by atoms with Crippen molar-refractivity contribution in [2.24, 2.45) is 5.16 Å². The highest BCUT2D eigenvalue weighted by atomic mass is 35.5. The highest BCUT2D eigenvalue weighted by molar-refractivity contribution is 7.86. The second-order valence-corrected chi connectivity index (χ2v) is 17.6. The van der Waals surface area contributed by atoms with Crippen LogP contribution in [-0.4, -0.2) is 96.1 Å². The number of nitrogens with zero attached hydrogens (tertiary/aromatic N) is 3. The summed E-state index contributed by atoms with van der Waals surface area (Å²) in [4.78, 5) is 77.3. The third kappa shape index (κ3) is 9.95. The first kappa shape index (κ1) is 42.2. The van der Waals surface area contributed by atoms with Crippen molar-refractivity contribution in [1.29, 1.82) is 0 Å². The second kappa shape index (κ2) is 16.4. The van der Waals surface area contributed by atoms with Crippen LogP contribution in [0.4, 0.5) is 9.93 Å². The van der Waals surface area contributed by atoms with Crippen molar-refractivity contribution in [3.05, 3.63) is 52.2 Å². The number of methoxy groups -OCH3 is 1. The molecule has 2 N–H and O–H groups in total. The van der Waals surface area contributed by atoms with E-state index in [1.807, 2.05) is 0 Å². The van der Waals surface area contributed by atoms with Gasteiger partial charge in [-0.25, -0.2) is 19.4 Å². The number of aromatic nitrogens is 1. The maximum atomic E-state index is 13.9. The van der Waals surface area contributed by atoms with E-state index in [0.717, 1.165) is 16.2 Å². The number of esters is 2. The predicted molar refractivity (Wildman–Crippen MR) is 200 cm³/mol. The molecule has 19 heteroatoms. The van der Waals surface area contributed by atoms with Crippen LogP contribution in [0.5, 0.6) is 5.75 Å². The van der Waals surface area contributed by atoms with Gasteiger partial charge >= 0.3 is 18.0 Å². The molecule has 294 valence electrons. The molecule has 0 spiro atoms. The molecule has 0 radical (unpaired) electrons. The Morgan fingerprint density at radius 2 is 1.65 bits per heavy atom. The van der Waals surface area contributed by atoms with E-state index in [0.29, 0.717) is 11.3 Å². The van der Waals surface area contributed by atoms with E-state index in [-0.39, 0.29) is 34.6 Å². The number of hydrogen-bond donors (Lipinski definition) is 2. The summed E-state index contributed by atoms with van der Waals surface area (Å²) < 4.78 is 35.1. The number of fused-ring (bicyclic) bond motifs is 1. The predicted octanol–water partition coefficient (Wildman–Crippen LogP) is 4.38. The lowest BCUT2D eigenvalue weighted by Crippen LogP contribution is -2.74. The van der Waals surface area contributed by atoms with Crippen molar-refractivity contribution in [1.82, 2.24) is 15.2 Å². The van der Waals surface area contributed by atoms with Crippen molar-refractivity contribution in [3.63, 3.8) is 0 Å². The van der Waals surface area contributed by atoms with E-state index in [4.69, 9.17) is 35.4 Å². The van der Waals surface area contributed by atoms with Gasteiger partial charge in [0.15, 0.2) is 10.8 Å². The molecule has 4 rings (SSSR count). The molecular formula is C35H44ClN5O11S2. The topological polar surface area (TPSA) is 201 Å². The smallest absolute Gasteiger partial charge is 0.413 e. The molecule has 2 aliphatic heterocycles. The van der Waals surface area contributed by atoms with Gasteiger partial charge in [0.25, 0.3) is 11.8 Å². The van der Waals surface area contributed by atoms with E-state index >= 15 is 0 Å². The van der Waals surface area contributed by atoms with Crippen LogP contribution < -0.4 is 15.4 Å². The number of benzene rings is 1. The van der Waals surface area contributed by atoms with Gasteiger partial charge < -0.3 is 29.1 Å². The summed E-state index contributed by atoms with van der Waals surface area (Å²) in [7, 11) is -0.311. The molecule has 1 saturated heterocycles. The fraction of sp³-hybridized carbons (Fsp3) is 0.514. The molecule has 3 amide bonds. The van der Waals surface area contributed by atoms with E-state index in [1.54, 1.807) is 72.7 Å². The van der Waals surface area contributed by atoms with Crippen LogP contribution in [-0.2, 0) is 55.6 Å². The van der Waals surface area contributed by atoms with Crippen LogP contribution in [0.3, 0.4) is 0 Å². The van der Waals surface area contributed by atoms with Crippen molar-refractivity contribution < 1.29 is 52.0 Å². The Hall–Kier alpha value is -4.55. The first-order valence-electron chi connectivity index (χ1n) is 16.6. The average Bonchev–Trinajstić information content (AvgIpc) is 3.53. The van der Waals surface area contributed by atoms with Crippen LogP contribution in [0.2, 0.25) is 0 Å². The average molecular weight is 810 g/mol. The molecule has 2 aromatic rings. The number of β-lactam (4-membered cyclic amide) rings is 1. The minimum Gasteiger partial charge on any atom is -0.497 e. The third-order valence-corrected chi connectivity index (χ3v) is 10.6. The van der Waals surface area contributed by atoms with Crippen molar-refractivity contribution in [2.75, 3.05) is 18.3 Å². The summed E-state index contributed by atoms with van der Waals surface area (Å²) in [6.07, 6.45) is -0.801. The van der Waals surface area contributed by atoms with Crippen LogP contribution >= 0.6 is 22.9 Å². The number of halogens is 1. The Bertz CT molecular complexity index is 1880. The molecule has 1 aromatic carbocycles. The second-order valence-electron chi connectivity index (χ2n) is 14.7. The van der Waals surface area contributed by atoms with Gasteiger partial charge in [0.1, 0.15) is 46.4 Å². The van der Waals surface area contributed by atoms with Gasteiger partial charge in [-0.05, 0) is 85.6 Å². The molecule has 4 atom stereocenters. The highest BCUT2D eigenvalue weighted by Crippen LogP contribution is 2.39. The van der Waals surface area contributed by atoms with Gasteiger partial charge in [0, 0.05) is 11.3 Å². The van der Waals surface area contributed by atoms with Gasteiger partial charge in [-0.1, -0.05) is 17.3 Å². The van der Waals surface area contributed by atoms with Crippen molar-refractivity contribution >= 4 is 74.4 Å². The Labute approximate surface area is 324 Å². The number of thiazole rings is 1. The molecule has 0 saturated carbocycles. The highest BCUT2D eigenvalue weighted by Gasteiger charge is 2.59. The number of hydrogen-bond acceptors (Lipinski definition) is 14. The molecule has 54 heavy (non-hydrogen) atoms. The maximum Gasteiger partial charge on any atom is 0.413 e. The number of anilines is 1. The first-order chi connectivity index (χ1) is 25.1. The third-order valence-electron chi connectivity index (χ3n) is 7.64. The Kier molecular flexibility index (Phi) is 12.8. The normalized spacial score (nSPS) is 20.3. The van der Waals surface area contributed by atoms with E-state index in [9.17, 15) is 28.2 Å². The molecule has 1 aromatic heterocycles. The standard InChI is InChI=1S/C35H44ClN5O11S2/c1-18-21(15-36)25(29(44)49-16-19-11-13-20(48-10)14-12-19)41-27(43)24(28(41)54(18)47)38-26(42)23(40-52-35(8,9)30(45)50-33(2,3)4)22-17-53-31(37-22)39-32(46)51-34(5,6)7/h11-14,17-18,24,28H,15-16H2,1-10H3,(H,38,42)(H,37,39,46)/b40-23-/t18-,24+,28+,54?/m0/s1. The monoisotopic (exact) mass is 809 g/mol. The number of amides is 3. The molecule has 0 bridgehead atoms. The Balaban J connectivity index is 1.60. The van der Waals surface area contributed by atoms with Crippen LogP contribution in [0, 0.1) is 0 Å². The maximum absolute atomic E-state index is 13.9. The molecule has 2 aliphatic rings. The van der Waals surface area contributed by atoms with Crippen LogP contribution in [0.25, 0.3) is 0 Å². The Morgan fingerprint density at radius 1 is 1.02 bits per heavy atom. The minimum atomic E-state index is -1.83. The lowest BCUT2D eigenvalue weighted by molar-refractivity contribution is -0.179. The van der Waals surface area contributed by atoms with E-state index < -0.39 is 79.8 Å².